The topological polar surface area (TPSA) is 69.2 Å². The molecule has 2 rings (SSSR count). The van der Waals surface area contributed by atoms with Crippen molar-refractivity contribution in [3.05, 3.63) is 17.8 Å². The number of nitrogens with zero attached hydrogens (tertiary/aromatic N) is 2. The number of rotatable bonds is 3. The Bertz CT molecular complexity index is 456. The zero-order chi connectivity index (χ0) is 12.3. The molecule has 0 atom stereocenters. The zero-order valence-electron chi connectivity index (χ0n) is 9.80. The normalized spacial score (nSPS) is 20.1. The lowest BCUT2D eigenvalue weighted by Crippen LogP contribution is -2.24. The van der Waals surface area contributed by atoms with Crippen LogP contribution >= 0.6 is 0 Å². The summed E-state index contributed by atoms with van der Waals surface area (Å²) in [5.41, 5.74) is 0.898. The van der Waals surface area contributed by atoms with Crippen LogP contribution in [-0.4, -0.2) is 37.2 Å². The monoisotopic (exact) mass is 256 g/mol. The van der Waals surface area contributed by atoms with Crippen molar-refractivity contribution in [3.63, 3.8) is 0 Å². The molecule has 0 bridgehead atoms. The zero-order valence-corrected chi connectivity index (χ0v) is 10.6. The van der Waals surface area contributed by atoms with E-state index in [1.807, 2.05) is 6.07 Å². The van der Waals surface area contributed by atoms with E-state index in [4.69, 9.17) is 4.74 Å². The summed E-state index contributed by atoms with van der Waals surface area (Å²) in [5.74, 6) is 1.52. The number of aromatic nitrogens is 2. The van der Waals surface area contributed by atoms with E-state index >= 15 is 0 Å². The highest BCUT2D eigenvalue weighted by Gasteiger charge is 2.23. The van der Waals surface area contributed by atoms with E-state index in [2.05, 4.69) is 10.2 Å². The van der Waals surface area contributed by atoms with Gasteiger partial charge in [-0.3, -0.25) is 0 Å². The van der Waals surface area contributed by atoms with Gasteiger partial charge in [-0.05, 0) is 31.2 Å². The molecule has 0 spiro atoms. The quantitative estimate of drug-likeness (QED) is 0.802. The molecule has 1 saturated heterocycles. The first-order chi connectivity index (χ1) is 8.09. The van der Waals surface area contributed by atoms with Crippen molar-refractivity contribution in [3.8, 4) is 5.88 Å². The molecule has 0 aromatic carbocycles. The maximum atomic E-state index is 11.3. The molecule has 0 aliphatic carbocycles. The summed E-state index contributed by atoms with van der Waals surface area (Å²) >= 11 is 0. The Morgan fingerprint density at radius 1 is 1.29 bits per heavy atom. The average molecular weight is 256 g/mol. The van der Waals surface area contributed by atoms with Crippen LogP contribution in [0, 0.1) is 5.92 Å². The van der Waals surface area contributed by atoms with Crippen molar-refractivity contribution in [1.82, 2.24) is 10.2 Å². The van der Waals surface area contributed by atoms with E-state index in [0.717, 1.165) is 25.0 Å². The Hall–Kier alpha value is -1.17. The summed E-state index contributed by atoms with van der Waals surface area (Å²) in [4.78, 5) is 0. The Labute approximate surface area is 101 Å². The van der Waals surface area contributed by atoms with Crippen LogP contribution in [0.2, 0.25) is 0 Å². The molecule has 1 aromatic heterocycles. The molecule has 0 radical (unpaired) electrons. The molecule has 0 N–H and O–H groups in total. The second-order valence-corrected chi connectivity index (χ2v) is 6.67. The molecule has 1 aromatic rings. The molecular formula is C11H16N2O3S. The third-order valence-corrected chi connectivity index (χ3v) is 4.79. The number of hydrogen-bond donors (Lipinski definition) is 0. The van der Waals surface area contributed by atoms with Crippen LogP contribution in [0.3, 0.4) is 0 Å². The predicted octanol–water partition coefficient (Wildman–Crippen LogP) is 0.853. The second kappa shape index (κ2) is 5.00. The average Bonchev–Trinajstić information content (AvgIpc) is 2.33. The van der Waals surface area contributed by atoms with Gasteiger partial charge < -0.3 is 4.74 Å². The summed E-state index contributed by atoms with van der Waals surface area (Å²) in [6.07, 6.45) is 2.26. The second-order valence-electron chi connectivity index (χ2n) is 4.37. The molecule has 5 nitrogen and oxygen atoms in total. The Balaban J connectivity index is 1.93. The van der Waals surface area contributed by atoms with Gasteiger partial charge in [-0.15, -0.1) is 5.10 Å². The van der Waals surface area contributed by atoms with Gasteiger partial charge in [-0.1, -0.05) is 0 Å². The first-order valence-corrected chi connectivity index (χ1v) is 7.48. The van der Waals surface area contributed by atoms with E-state index in [1.54, 1.807) is 13.2 Å². The van der Waals surface area contributed by atoms with Gasteiger partial charge in [0.05, 0.1) is 24.3 Å². The summed E-state index contributed by atoms with van der Waals surface area (Å²) in [6, 6.07) is 3.66. The highest BCUT2D eigenvalue weighted by molar-refractivity contribution is 7.91. The molecule has 6 heteroatoms. The minimum atomic E-state index is -2.77. The third kappa shape index (κ3) is 3.39. The van der Waals surface area contributed by atoms with E-state index in [9.17, 15) is 8.42 Å². The molecule has 1 aliphatic heterocycles. The number of ether oxygens (including phenoxy) is 1. The van der Waals surface area contributed by atoms with E-state index in [-0.39, 0.29) is 0 Å². The molecule has 1 aliphatic rings. The van der Waals surface area contributed by atoms with Crippen molar-refractivity contribution in [2.24, 2.45) is 5.92 Å². The maximum absolute atomic E-state index is 11.3. The van der Waals surface area contributed by atoms with Crippen molar-refractivity contribution in [2.75, 3.05) is 18.6 Å². The van der Waals surface area contributed by atoms with Gasteiger partial charge in [0, 0.05) is 6.07 Å². The Morgan fingerprint density at radius 3 is 2.53 bits per heavy atom. The number of methoxy groups -OCH3 is 1. The highest BCUT2D eigenvalue weighted by Crippen LogP contribution is 2.22. The largest absolute Gasteiger partial charge is 0.480 e. The fraction of sp³-hybridized carbons (Fsp3) is 0.636. The van der Waals surface area contributed by atoms with Crippen molar-refractivity contribution >= 4 is 9.84 Å². The number of sulfone groups is 1. The minimum absolute atomic E-state index is 0.307. The summed E-state index contributed by atoms with van der Waals surface area (Å²) in [5, 5.41) is 7.96. The fourth-order valence-electron chi connectivity index (χ4n) is 2.00. The fourth-order valence-corrected chi connectivity index (χ4v) is 3.59. The molecule has 1 fully saturated rings. The lowest BCUT2D eigenvalue weighted by atomic mass is 9.97. The Morgan fingerprint density at radius 2 is 2.00 bits per heavy atom. The Kier molecular flexibility index (Phi) is 3.61. The number of hydrogen-bond acceptors (Lipinski definition) is 5. The molecule has 0 amide bonds. The van der Waals surface area contributed by atoms with Gasteiger partial charge in [0.1, 0.15) is 9.84 Å². The summed E-state index contributed by atoms with van der Waals surface area (Å²) in [7, 11) is -1.22. The smallest absolute Gasteiger partial charge is 0.233 e. The molecule has 2 heterocycles. The van der Waals surface area contributed by atoms with Crippen LogP contribution in [0.25, 0.3) is 0 Å². The van der Waals surface area contributed by atoms with Gasteiger partial charge >= 0.3 is 0 Å². The van der Waals surface area contributed by atoms with Crippen LogP contribution < -0.4 is 4.74 Å². The third-order valence-electron chi connectivity index (χ3n) is 3.08. The molecule has 0 unspecified atom stereocenters. The molecule has 17 heavy (non-hydrogen) atoms. The predicted molar refractivity (Wildman–Crippen MR) is 63.7 cm³/mol. The summed E-state index contributed by atoms with van der Waals surface area (Å²) in [6.45, 7) is 0. The van der Waals surface area contributed by atoms with Crippen LogP contribution in [0.5, 0.6) is 5.88 Å². The molecule has 94 valence electrons. The standard InChI is InChI=1S/C11H16N2O3S/c1-16-11-3-2-10(12-13-11)8-9-4-6-17(14,15)7-5-9/h2-3,9H,4-8H2,1H3. The van der Waals surface area contributed by atoms with E-state index < -0.39 is 9.84 Å². The lowest BCUT2D eigenvalue weighted by Gasteiger charge is -2.21. The van der Waals surface area contributed by atoms with Gasteiger partial charge in [-0.2, -0.15) is 5.10 Å². The lowest BCUT2D eigenvalue weighted by molar-refractivity contribution is 0.389. The van der Waals surface area contributed by atoms with Crippen molar-refractivity contribution < 1.29 is 13.2 Å². The van der Waals surface area contributed by atoms with E-state index in [1.165, 1.54) is 0 Å². The highest BCUT2D eigenvalue weighted by atomic mass is 32.2. The van der Waals surface area contributed by atoms with Gasteiger partial charge in [0.2, 0.25) is 5.88 Å². The van der Waals surface area contributed by atoms with Crippen molar-refractivity contribution in [2.45, 2.75) is 19.3 Å². The minimum Gasteiger partial charge on any atom is -0.480 e. The van der Waals surface area contributed by atoms with Gasteiger partial charge in [0.15, 0.2) is 0 Å². The molecule has 0 saturated carbocycles. The van der Waals surface area contributed by atoms with Gasteiger partial charge in [0.25, 0.3) is 0 Å². The SMILES string of the molecule is COc1ccc(CC2CCS(=O)(=O)CC2)nn1. The van der Waals surface area contributed by atoms with Crippen LogP contribution in [0.15, 0.2) is 12.1 Å². The summed E-state index contributed by atoms with van der Waals surface area (Å²) < 4.78 is 27.5. The molecular weight excluding hydrogens is 240 g/mol. The maximum Gasteiger partial charge on any atom is 0.233 e. The van der Waals surface area contributed by atoms with Crippen LogP contribution in [0.1, 0.15) is 18.5 Å². The first-order valence-electron chi connectivity index (χ1n) is 5.66. The van der Waals surface area contributed by atoms with Crippen LogP contribution in [0.4, 0.5) is 0 Å². The van der Waals surface area contributed by atoms with Crippen LogP contribution in [-0.2, 0) is 16.3 Å². The van der Waals surface area contributed by atoms with Gasteiger partial charge in [-0.25, -0.2) is 8.42 Å². The van der Waals surface area contributed by atoms with Crippen molar-refractivity contribution in [1.29, 1.82) is 0 Å². The van der Waals surface area contributed by atoms with E-state index in [0.29, 0.717) is 23.3 Å². The first kappa shape index (κ1) is 12.3.